The van der Waals surface area contributed by atoms with Crippen molar-refractivity contribution in [1.29, 1.82) is 0 Å². The smallest absolute Gasteiger partial charge is 0.429 e. The maximum Gasteiger partial charge on any atom is 0.573 e. The van der Waals surface area contributed by atoms with Crippen LogP contribution in [0.25, 0.3) is 44.5 Å². The molecule has 8 aromatic carbocycles. The molecule has 2 saturated carbocycles. The molecule has 19 heteroatoms. The Labute approximate surface area is 441 Å². The molecule has 0 radical (unpaired) electrons. The molecule has 0 bridgehead atoms. The molecule has 2 aliphatic rings. The summed E-state index contributed by atoms with van der Waals surface area (Å²) in [6.07, 6.45) is -11.8. The van der Waals surface area contributed by atoms with E-state index >= 15 is 4.39 Å². The highest BCUT2D eigenvalue weighted by atomic mass is 19.4. The summed E-state index contributed by atoms with van der Waals surface area (Å²) in [5, 5.41) is 0. The number of hydrogen-bond acceptors (Lipinski definition) is 4. The summed E-state index contributed by atoms with van der Waals surface area (Å²) in [7, 11) is 0. The average molecular weight is 1110 g/mol. The Balaban J connectivity index is 0.000000192. The molecule has 8 aromatic rings. The Hall–Kier alpha value is -8.09. The van der Waals surface area contributed by atoms with E-state index in [0.717, 1.165) is 78.1 Å². The fraction of sp³-hybridized carbons (Fsp3) is 0.200. The second kappa shape index (κ2) is 22.3. The lowest BCUT2D eigenvalue weighted by Crippen LogP contribution is -2.25. The van der Waals surface area contributed by atoms with E-state index in [9.17, 15) is 61.5 Å². The van der Waals surface area contributed by atoms with E-state index < -0.39 is 88.2 Å². The summed E-state index contributed by atoms with van der Waals surface area (Å²) >= 11 is 0. The Morgan fingerprint density at radius 2 is 0.570 bits per heavy atom. The molecule has 2 fully saturated rings. The van der Waals surface area contributed by atoms with Crippen molar-refractivity contribution in [3.63, 3.8) is 0 Å². The molecule has 0 spiro atoms. The lowest BCUT2D eigenvalue weighted by molar-refractivity contribution is -0.275. The second-order valence-corrected chi connectivity index (χ2v) is 18.7. The van der Waals surface area contributed by atoms with Crippen LogP contribution in [0.1, 0.15) is 72.6 Å². The van der Waals surface area contributed by atoms with Gasteiger partial charge in [0.05, 0.1) is 0 Å². The van der Waals surface area contributed by atoms with Crippen molar-refractivity contribution in [2.45, 2.75) is 75.3 Å². The van der Waals surface area contributed by atoms with E-state index in [1.807, 2.05) is 36.4 Å². The zero-order valence-corrected chi connectivity index (χ0v) is 40.8. The third-order valence-corrected chi connectivity index (χ3v) is 13.4. The van der Waals surface area contributed by atoms with Crippen LogP contribution < -0.4 is 18.9 Å². The van der Waals surface area contributed by atoms with Crippen LogP contribution in [0.5, 0.6) is 23.0 Å². The molecule has 0 heterocycles. The summed E-state index contributed by atoms with van der Waals surface area (Å²) in [4.78, 5) is 0. The van der Waals surface area contributed by atoms with Gasteiger partial charge in [-0.15, -0.1) is 26.3 Å². The van der Waals surface area contributed by atoms with E-state index in [1.165, 1.54) is 48.9 Å². The van der Waals surface area contributed by atoms with Gasteiger partial charge >= 0.3 is 24.9 Å². The van der Waals surface area contributed by atoms with Crippen LogP contribution in [0.15, 0.2) is 164 Å². The SMILES string of the molecule is Fc1cc(-c2ccc(-c3ccc(C4CCC4)cc3)cc2)cc(F)c1C(F)(F)Oc1ccc(OC(F)(F)F)cc1.Fc1cc(-c2ccc(C3CCC3)cc2)ccc1-c1cc(F)c(C(F)(F)Oc2ccc(OC(F)(F)F)cc2)c(F)c1. The molecule has 4 nitrogen and oxygen atoms in total. The van der Waals surface area contributed by atoms with Crippen LogP contribution in [0.4, 0.5) is 65.9 Å². The molecule has 0 saturated heterocycles. The van der Waals surface area contributed by atoms with Crippen molar-refractivity contribution in [2.24, 2.45) is 0 Å². The minimum Gasteiger partial charge on any atom is -0.429 e. The number of rotatable bonds is 14. The molecule has 410 valence electrons. The van der Waals surface area contributed by atoms with Gasteiger partial charge in [0.25, 0.3) is 0 Å². The predicted octanol–water partition coefficient (Wildman–Crippen LogP) is 19.3. The maximum atomic E-state index is 15.0. The highest BCUT2D eigenvalue weighted by Gasteiger charge is 2.43. The summed E-state index contributed by atoms with van der Waals surface area (Å²) in [6, 6.07) is 35.4. The molecular formula is C60H41F15O4. The molecule has 0 aliphatic heterocycles. The first-order valence-electron chi connectivity index (χ1n) is 24.3. The van der Waals surface area contributed by atoms with Crippen molar-refractivity contribution < 1.29 is 84.8 Å². The van der Waals surface area contributed by atoms with Crippen LogP contribution in [0, 0.1) is 29.1 Å². The van der Waals surface area contributed by atoms with Gasteiger partial charge in [-0.2, -0.15) is 17.6 Å². The summed E-state index contributed by atoms with van der Waals surface area (Å²) in [5.41, 5.74) is 2.25. The lowest BCUT2D eigenvalue weighted by Gasteiger charge is -2.25. The summed E-state index contributed by atoms with van der Waals surface area (Å²) < 4.78 is 223. The standard InChI is InChI=1S/C30H20F8O2.C30H21F7O2/c31-25-14-20(19-6-4-18(5-7-19)17-2-1-3-17)8-13-24(25)21-15-26(32)28(27(33)16-21)29(34,35)39-22-9-11-23(12-10-22)40-30(36,37)38;31-26-16-23(22-10-8-21(9-11-22)20-6-4-19(5-7-20)18-2-1-3-18)17-27(32)28(26)29(33,34)38-24-12-14-25(15-13-24)39-30(35,36)37/h4-17H,1-3H2;4-18H,1-3H2. The van der Waals surface area contributed by atoms with Gasteiger partial charge in [0.2, 0.25) is 0 Å². The predicted molar refractivity (Wildman–Crippen MR) is 263 cm³/mol. The van der Waals surface area contributed by atoms with Crippen molar-refractivity contribution in [3.8, 4) is 67.5 Å². The summed E-state index contributed by atoms with van der Waals surface area (Å²) in [5.74, 6) is -8.80. The van der Waals surface area contributed by atoms with Gasteiger partial charge in [0.1, 0.15) is 63.2 Å². The Morgan fingerprint density at radius 1 is 0.291 bits per heavy atom. The minimum absolute atomic E-state index is 0.0464. The van der Waals surface area contributed by atoms with Crippen LogP contribution >= 0.6 is 0 Å². The topological polar surface area (TPSA) is 36.9 Å². The first kappa shape index (κ1) is 55.7. The van der Waals surface area contributed by atoms with Gasteiger partial charge in [-0.25, -0.2) is 22.0 Å². The summed E-state index contributed by atoms with van der Waals surface area (Å²) in [6.45, 7) is 0. The van der Waals surface area contributed by atoms with Crippen molar-refractivity contribution >= 4 is 0 Å². The van der Waals surface area contributed by atoms with Crippen LogP contribution in [0.2, 0.25) is 0 Å². The van der Waals surface area contributed by atoms with E-state index in [-0.39, 0.29) is 16.7 Å². The molecular weight excluding hydrogens is 1070 g/mol. The van der Waals surface area contributed by atoms with Crippen molar-refractivity contribution in [3.05, 3.63) is 215 Å². The van der Waals surface area contributed by atoms with Gasteiger partial charge in [-0.3, -0.25) is 0 Å². The highest BCUT2D eigenvalue weighted by molar-refractivity contribution is 5.73. The Bertz CT molecular complexity index is 3360. The lowest BCUT2D eigenvalue weighted by atomic mass is 9.80. The van der Waals surface area contributed by atoms with E-state index in [2.05, 4.69) is 31.1 Å². The molecule has 2 aliphatic carbocycles. The van der Waals surface area contributed by atoms with Gasteiger partial charge in [0.15, 0.2) is 0 Å². The number of benzene rings is 8. The van der Waals surface area contributed by atoms with Gasteiger partial charge in [0, 0.05) is 5.56 Å². The zero-order valence-electron chi connectivity index (χ0n) is 40.8. The minimum atomic E-state index is -5.00. The number of halogens is 15. The Kier molecular flexibility index (Phi) is 15.7. The number of alkyl halides is 10. The van der Waals surface area contributed by atoms with E-state index in [4.69, 9.17) is 0 Å². The molecule has 79 heavy (non-hydrogen) atoms. The third-order valence-electron chi connectivity index (χ3n) is 13.4. The van der Waals surface area contributed by atoms with E-state index in [0.29, 0.717) is 47.2 Å². The van der Waals surface area contributed by atoms with E-state index in [1.54, 1.807) is 30.3 Å². The quantitative estimate of drug-likeness (QED) is 0.102. The van der Waals surface area contributed by atoms with Crippen LogP contribution in [-0.2, 0) is 12.2 Å². The van der Waals surface area contributed by atoms with Crippen LogP contribution in [-0.4, -0.2) is 12.7 Å². The van der Waals surface area contributed by atoms with Crippen molar-refractivity contribution in [1.82, 2.24) is 0 Å². The van der Waals surface area contributed by atoms with Crippen molar-refractivity contribution in [2.75, 3.05) is 0 Å². The first-order valence-corrected chi connectivity index (χ1v) is 24.3. The Morgan fingerprint density at radius 3 is 0.886 bits per heavy atom. The first-order chi connectivity index (χ1) is 37.4. The molecule has 0 amide bonds. The molecule has 10 rings (SSSR count). The van der Waals surface area contributed by atoms with Crippen LogP contribution in [0.3, 0.4) is 0 Å². The number of hydrogen-bond donors (Lipinski definition) is 0. The average Bonchev–Trinajstić information content (AvgIpc) is 3.37. The fourth-order valence-electron chi connectivity index (χ4n) is 9.00. The molecule has 0 unspecified atom stereocenters. The third kappa shape index (κ3) is 13.4. The molecule has 0 N–H and O–H groups in total. The fourth-order valence-corrected chi connectivity index (χ4v) is 9.00. The molecule has 0 aromatic heterocycles. The van der Waals surface area contributed by atoms with Gasteiger partial charge < -0.3 is 18.9 Å². The molecule has 0 atom stereocenters. The number of ether oxygens (including phenoxy) is 4. The highest BCUT2D eigenvalue weighted by Crippen LogP contribution is 2.42. The largest absolute Gasteiger partial charge is 0.573 e. The maximum absolute atomic E-state index is 15.0. The zero-order chi connectivity index (χ0) is 56.4. The monoisotopic (exact) mass is 1110 g/mol. The van der Waals surface area contributed by atoms with Gasteiger partial charge in [-0.1, -0.05) is 97.8 Å². The second-order valence-electron chi connectivity index (χ2n) is 18.7. The van der Waals surface area contributed by atoms with Gasteiger partial charge in [-0.05, 0) is 166 Å². The normalized spacial score (nSPS) is 14.1.